The number of rotatable bonds is 16. The number of benzene rings is 5. The molecule has 2 aliphatic heterocycles. The van der Waals surface area contributed by atoms with Crippen LogP contribution in [-0.2, 0) is 66.2 Å². The van der Waals surface area contributed by atoms with Crippen LogP contribution in [0.2, 0.25) is 0 Å². The highest BCUT2D eigenvalue weighted by Crippen LogP contribution is 2.47. The molecule has 0 saturated carbocycles. The van der Waals surface area contributed by atoms with E-state index in [1.165, 1.54) is 7.11 Å². The number of halogens is 1. The lowest BCUT2D eigenvalue weighted by Crippen LogP contribution is -2.77. The van der Waals surface area contributed by atoms with Gasteiger partial charge in [-0.25, -0.2) is 0 Å². The lowest BCUT2D eigenvalue weighted by Gasteiger charge is -2.59. The Kier molecular flexibility index (Phi) is 14.4. The van der Waals surface area contributed by atoms with Gasteiger partial charge in [-0.15, -0.1) is 0 Å². The molecule has 5 aromatic rings. The van der Waals surface area contributed by atoms with Crippen molar-refractivity contribution < 1.29 is 33.2 Å². The van der Waals surface area contributed by atoms with E-state index in [1.807, 2.05) is 127 Å². The van der Waals surface area contributed by atoms with Gasteiger partial charge in [-0.2, -0.15) is 0 Å². The van der Waals surface area contributed by atoms with E-state index >= 15 is 0 Å². The summed E-state index contributed by atoms with van der Waals surface area (Å²) in [7, 11) is 1.45. The number of piperidine rings is 1. The molecule has 0 amide bonds. The molecule has 2 aliphatic rings. The van der Waals surface area contributed by atoms with Crippen molar-refractivity contribution in [1.29, 1.82) is 0 Å². The summed E-state index contributed by atoms with van der Waals surface area (Å²) in [4.78, 5) is 16.6. The molecule has 0 bridgehead atoms. The smallest absolute Gasteiger partial charge is 0.326 e. The van der Waals surface area contributed by atoms with Gasteiger partial charge < -0.3 is 28.4 Å². The molecule has 5 aromatic carbocycles. The zero-order chi connectivity index (χ0) is 38.6. The Bertz CT molecular complexity index is 1910. The standard InChI is InChI=1S/C47H50INO7/c1-51-46(50)44-47(27-40(48)29-49(44)28-35-17-7-2-8-18-35)45(55-33-39-25-15-6-16-26-39)43(54-32-38-23-13-5-14-24-38)42(53-31-37-21-11-4-12-22-37)41(56-47)34-52-30-36-19-9-3-10-20-36/h2-26,40-45H,27-34H2,1H3/t40?,41?,42-,43+,44-,45?,47-/m0/s1. The Hall–Kier alpha value is -3.94. The maximum Gasteiger partial charge on any atom is 0.326 e. The van der Waals surface area contributed by atoms with Crippen LogP contribution in [0.3, 0.4) is 0 Å². The minimum absolute atomic E-state index is 0.0995. The fourth-order valence-electron chi connectivity index (χ4n) is 8.00. The maximum absolute atomic E-state index is 14.4. The van der Waals surface area contributed by atoms with Crippen LogP contribution in [0.4, 0.5) is 0 Å². The van der Waals surface area contributed by atoms with E-state index in [0.717, 1.165) is 27.8 Å². The summed E-state index contributed by atoms with van der Waals surface area (Å²) in [5.41, 5.74) is 3.95. The third-order valence-electron chi connectivity index (χ3n) is 10.5. The number of methoxy groups -OCH3 is 1. The summed E-state index contributed by atoms with van der Waals surface area (Å²) in [6, 6.07) is 49.8. The molecule has 0 aliphatic carbocycles. The van der Waals surface area contributed by atoms with Gasteiger partial charge in [0.15, 0.2) is 0 Å². The van der Waals surface area contributed by atoms with Crippen molar-refractivity contribution in [2.45, 2.75) is 79.4 Å². The summed E-state index contributed by atoms with van der Waals surface area (Å²) in [6.45, 7) is 2.67. The fraction of sp³-hybridized carbons (Fsp3) is 0.340. The minimum atomic E-state index is -1.21. The molecule has 3 unspecified atom stereocenters. The molecule has 292 valence electrons. The highest BCUT2D eigenvalue weighted by Gasteiger charge is 2.65. The molecule has 1 spiro atoms. The number of likely N-dealkylation sites (tertiary alicyclic amines) is 1. The Morgan fingerprint density at radius 3 is 1.59 bits per heavy atom. The molecule has 2 heterocycles. The largest absolute Gasteiger partial charge is 0.468 e. The minimum Gasteiger partial charge on any atom is -0.468 e. The van der Waals surface area contributed by atoms with E-state index in [4.69, 9.17) is 28.4 Å². The Labute approximate surface area is 344 Å². The van der Waals surface area contributed by atoms with Crippen molar-refractivity contribution in [2.24, 2.45) is 0 Å². The number of hydrogen-bond acceptors (Lipinski definition) is 8. The summed E-state index contributed by atoms with van der Waals surface area (Å²) in [5.74, 6) is -0.382. The second-order valence-electron chi connectivity index (χ2n) is 14.5. The van der Waals surface area contributed by atoms with Gasteiger partial charge in [0.25, 0.3) is 0 Å². The molecule has 0 radical (unpaired) electrons. The van der Waals surface area contributed by atoms with Gasteiger partial charge in [0, 0.05) is 17.0 Å². The Morgan fingerprint density at radius 1 is 0.643 bits per heavy atom. The summed E-state index contributed by atoms with van der Waals surface area (Å²) >= 11 is 2.50. The van der Waals surface area contributed by atoms with Crippen LogP contribution >= 0.6 is 22.6 Å². The maximum atomic E-state index is 14.4. The van der Waals surface area contributed by atoms with Crippen molar-refractivity contribution in [3.05, 3.63) is 179 Å². The molecule has 56 heavy (non-hydrogen) atoms. The monoisotopic (exact) mass is 867 g/mol. The Morgan fingerprint density at radius 2 is 1.09 bits per heavy atom. The number of alkyl halides is 1. The van der Waals surface area contributed by atoms with Crippen LogP contribution in [0.5, 0.6) is 0 Å². The van der Waals surface area contributed by atoms with Gasteiger partial charge in [-0.05, 0) is 34.2 Å². The predicted octanol–water partition coefficient (Wildman–Crippen LogP) is 8.35. The van der Waals surface area contributed by atoms with E-state index in [0.29, 0.717) is 39.3 Å². The van der Waals surface area contributed by atoms with E-state index in [-0.39, 0.29) is 23.1 Å². The first kappa shape index (κ1) is 40.3. The zero-order valence-corrected chi connectivity index (χ0v) is 33.9. The summed E-state index contributed by atoms with van der Waals surface area (Å²) in [5, 5.41) is 0. The first-order valence-electron chi connectivity index (χ1n) is 19.3. The first-order valence-corrected chi connectivity index (χ1v) is 20.5. The number of hydrogen-bond donors (Lipinski definition) is 0. The van der Waals surface area contributed by atoms with Crippen LogP contribution in [0.25, 0.3) is 0 Å². The van der Waals surface area contributed by atoms with Crippen LogP contribution in [0, 0.1) is 0 Å². The molecule has 7 rings (SSSR count). The molecular weight excluding hydrogens is 817 g/mol. The van der Waals surface area contributed by atoms with Crippen molar-refractivity contribution in [3.63, 3.8) is 0 Å². The number of carbonyl (C=O) groups excluding carboxylic acids is 1. The number of ether oxygens (including phenoxy) is 6. The molecular formula is C47H50INO7. The molecule has 0 N–H and O–H groups in total. The highest BCUT2D eigenvalue weighted by atomic mass is 127. The summed E-state index contributed by atoms with van der Waals surface area (Å²) < 4.78 is 40.9. The normalized spacial score (nSPS) is 25.2. The SMILES string of the molecule is COC(=O)[C@@H]1N(Cc2ccccc2)CC(I)C[C@]12OC(COCc1ccccc1)[C@H](OCc1ccccc1)[C@@H](OCc1ccccc1)C2OCc1ccccc1. The quantitative estimate of drug-likeness (QED) is 0.0557. The van der Waals surface area contributed by atoms with E-state index in [2.05, 4.69) is 51.8 Å². The van der Waals surface area contributed by atoms with Gasteiger partial charge in [0.2, 0.25) is 0 Å². The van der Waals surface area contributed by atoms with Gasteiger partial charge in [-0.3, -0.25) is 9.69 Å². The van der Waals surface area contributed by atoms with Crippen molar-refractivity contribution >= 4 is 28.6 Å². The average Bonchev–Trinajstić information content (AvgIpc) is 3.23. The average molecular weight is 868 g/mol. The molecule has 2 fully saturated rings. The summed E-state index contributed by atoms with van der Waals surface area (Å²) in [6.07, 6.45) is -2.17. The fourth-order valence-corrected chi connectivity index (χ4v) is 9.19. The van der Waals surface area contributed by atoms with Gasteiger partial charge in [0.1, 0.15) is 36.1 Å². The lowest BCUT2D eigenvalue weighted by atomic mass is 9.73. The topological polar surface area (TPSA) is 75.7 Å². The molecule has 9 heteroatoms. The van der Waals surface area contributed by atoms with E-state index in [1.54, 1.807) is 0 Å². The van der Waals surface area contributed by atoms with Gasteiger partial charge in [0.05, 0.1) is 40.1 Å². The van der Waals surface area contributed by atoms with Crippen LogP contribution in [0.15, 0.2) is 152 Å². The molecule has 8 nitrogen and oxygen atoms in total. The first-order chi connectivity index (χ1) is 27.5. The van der Waals surface area contributed by atoms with Crippen LogP contribution < -0.4 is 0 Å². The highest BCUT2D eigenvalue weighted by molar-refractivity contribution is 14.1. The van der Waals surface area contributed by atoms with E-state index < -0.39 is 36.1 Å². The van der Waals surface area contributed by atoms with Crippen LogP contribution in [0.1, 0.15) is 34.2 Å². The zero-order valence-electron chi connectivity index (χ0n) is 31.7. The second kappa shape index (κ2) is 20.0. The third kappa shape index (κ3) is 10.1. The van der Waals surface area contributed by atoms with Crippen molar-refractivity contribution in [2.75, 3.05) is 20.3 Å². The van der Waals surface area contributed by atoms with E-state index in [9.17, 15) is 4.79 Å². The Balaban J connectivity index is 1.33. The predicted molar refractivity (Wildman–Crippen MR) is 224 cm³/mol. The molecule has 2 saturated heterocycles. The third-order valence-corrected chi connectivity index (χ3v) is 11.4. The lowest BCUT2D eigenvalue weighted by molar-refractivity contribution is -0.326. The second-order valence-corrected chi connectivity index (χ2v) is 16.3. The van der Waals surface area contributed by atoms with Crippen molar-refractivity contribution in [1.82, 2.24) is 4.90 Å². The number of nitrogens with zero attached hydrogens (tertiary/aromatic N) is 1. The molecule has 7 atom stereocenters. The van der Waals surface area contributed by atoms with Crippen molar-refractivity contribution in [3.8, 4) is 0 Å². The van der Waals surface area contributed by atoms with Crippen LogP contribution in [-0.4, -0.2) is 71.1 Å². The van der Waals surface area contributed by atoms with Gasteiger partial charge in [-0.1, -0.05) is 174 Å². The number of esters is 1. The number of carbonyl (C=O) groups is 1. The molecule has 0 aromatic heterocycles. The van der Waals surface area contributed by atoms with Gasteiger partial charge >= 0.3 is 5.97 Å².